The Balaban J connectivity index is 1.71. The molecule has 6 nitrogen and oxygen atoms in total. The van der Waals surface area contributed by atoms with Gasteiger partial charge < -0.3 is 14.1 Å². The maximum absolute atomic E-state index is 12.5. The summed E-state index contributed by atoms with van der Waals surface area (Å²) in [6.07, 6.45) is -0.842. The van der Waals surface area contributed by atoms with Crippen LogP contribution < -0.4 is 0 Å². The molecule has 0 radical (unpaired) electrons. The van der Waals surface area contributed by atoms with Crippen molar-refractivity contribution in [3.05, 3.63) is 59.7 Å². The summed E-state index contributed by atoms with van der Waals surface area (Å²) in [5.74, 6) is -0.290. The van der Waals surface area contributed by atoms with Crippen LogP contribution in [0.2, 0.25) is 0 Å². The Labute approximate surface area is 161 Å². The highest BCUT2D eigenvalue weighted by Gasteiger charge is 2.22. The van der Waals surface area contributed by atoms with E-state index < -0.39 is 12.1 Å². The van der Waals surface area contributed by atoms with Gasteiger partial charge in [-0.25, -0.2) is 9.78 Å². The van der Waals surface area contributed by atoms with Gasteiger partial charge in [0, 0.05) is 19.8 Å². The van der Waals surface area contributed by atoms with Gasteiger partial charge in [-0.1, -0.05) is 42.1 Å². The number of likely N-dealkylation sites (N-methyl/N-ethyl adjacent to an activating group) is 1. The van der Waals surface area contributed by atoms with Crippen LogP contribution >= 0.6 is 11.8 Å². The monoisotopic (exact) mass is 384 g/mol. The van der Waals surface area contributed by atoms with Gasteiger partial charge in [0.2, 0.25) is 0 Å². The molecule has 0 aliphatic carbocycles. The van der Waals surface area contributed by atoms with E-state index in [0.717, 1.165) is 16.7 Å². The Morgan fingerprint density at radius 2 is 1.85 bits per heavy atom. The van der Waals surface area contributed by atoms with Crippen molar-refractivity contribution in [1.29, 1.82) is 0 Å². The molecule has 1 aromatic heterocycles. The van der Waals surface area contributed by atoms with Crippen LogP contribution in [0.1, 0.15) is 22.8 Å². The van der Waals surface area contributed by atoms with Gasteiger partial charge in [-0.05, 0) is 30.7 Å². The van der Waals surface area contributed by atoms with Crippen molar-refractivity contribution < 1.29 is 18.7 Å². The minimum Gasteiger partial charge on any atom is -0.449 e. The third-order valence-corrected chi connectivity index (χ3v) is 4.81. The number of esters is 1. The third kappa shape index (κ3) is 4.49. The normalized spacial score (nSPS) is 12.0. The molecule has 0 bridgehead atoms. The van der Waals surface area contributed by atoms with Crippen molar-refractivity contribution in [2.75, 3.05) is 14.1 Å². The fraction of sp³-hybridized carbons (Fsp3) is 0.250. The zero-order valence-electron chi connectivity index (χ0n) is 15.3. The number of carbonyl (C=O) groups is 2. The third-order valence-electron chi connectivity index (χ3n) is 3.94. The molecule has 0 unspecified atom stereocenters. The highest BCUT2D eigenvalue weighted by atomic mass is 32.2. The standard InChI is InChI=1S/C20H20N2O4S/c1-13(18(23)22(2)3)25-19(24)15-9-5-4-8-14(15)12-27-20-21-16-10-6-7-11-17(16)26-20/h4-11,13H,12H2,1-3H3/t13-/m1/s1. The summed E-state index contributed by atoms with van der Waals surface area (Å²) in [7, 11) is 3.25. The van der Waals surface area contributed by atoms with Gasteiger partial charge in [-0.3, -0.25) is 4.79 Å². The number of para-hydroxylation sites is 2. The predicted octanol–water partition coefficient (Wildman–Crippen LogP) is 3.75. The van der Waals surface area contributed by atoms with Gasteiger partial charge in [0.15, 0.2) is 11.7 Å². The molecular weight excluding hydrogens is 364 g/mol. The highest BCUT2D eigenvalue weighted by molar-refractivity contribution is 7.98. The number of fused-ring (bicyclic) bond motifs is 1. The van der Waals surface area contributed by atoms with Crippen LogP contribution in [-0.2, 0) is 15.3 Å². The van der Waals surface area contributed by atoms with Crippen molar-refractivity contribution in [3.63, 3.8) is 0 Å². The summed E-state index contributed by atoms with van der Waals surface area (Å²) >= 11 is 1.40. The maximum Gasteiger partial charge on any atom is 0.339 e. The Morgan fingerprint density at radius 3 is 2.59 bits per heavy atom. The molecule has 3 aromatic rings. The van der Waals surface area contributed by atoms with Gasteiger partial charge in [0.1, 0.15) is 5.52 Å². The Morgan fingerprint density at radius 1 is 1.15 bits per heavy atom. The zero-order valence-corrected chi connectivity index (χ0v) is 16.2. The molecule has 7 heteroatoms. The lowest BCUT2D eigenvalue weighted by Gasteiger charge is -2.18. The molecule has 2 aromatic carbocycles. The second-order valence-electron chi connectivity index (χ2n) is 6.17. The van der Waals surface area contributed by atoms with Gasteiger partial charge in [-0.15, -0.1) is 0 Å². The average molecular weight is 384 g/mol. The second kappa shape index (κ2) is 8.26. The van der Waals surface area contributed by atoms with Crippen LogP contribution in [0.4, 0.5) is 0 Å². The van der Waals surface area contributed by atoms with E-state index in [9.17, 15) is 9.59 Å². The van der Waals surface area contributed by atoms with Crippen LogP contribution in [0, 0.1) is 0 Å². The van der Waals surface area contributed by atoms with Crippen LogP contribution in [-0.4, -0.2) is 42.0 Å². The molecule has 0 saturated carbocycles. The molecular formula is C20H20N2O4S. The number of nitrogens with zero attached hydrogens (tertiary/aromatic N) is 2. The van der Waals surface area contributed by atoms with Crippen LogP contribution in [0.15, 0.2) is 58.2 Å². The molecule has 27 heavy (non-hydrogen) atoms. The first kappa shape index (κ1) is 19.0. The number of oxazole rings is 1. The van der Waals surface area contributed by atoms with E-state index >= 15 is 0 Å². The van der Waals surface area contributed by atoms with Gasteiger partial charge in [0.05, 0.1) is 5.56 Å². The van der Waals surface area contributed by atoms with E-state index in [1.165, 1.54) is 16.7 Å². The summed E-state index contributed by atoms with van der Waals surface area (Å²) in [6.45, 7) is 1.57. The van der Waals surface area contributed by atoms with Crippen molar-refractivity contribution in [1.82, 2.24) is 9.88 Å². The Hall–Kier alpha value is -2.80. The molecule has 0 aliphatic rings. The second-order valence-corrected chi connectivity index (χ2v) is 7.10. The molecule has 0 fully saturated rings. The summed E-state index contributed by atoms with van der Waals surface area (Å²) in [4.78, 5) is 30.2. The Kier molecular flexibility index (Phi) is 5.81. The predicted molar refractivity (Wildman–Crippen MR) is 104 cm³/mol. The summed E-state index contributed by atoms with van der Waals surface area (Å²) < 4.78 is 11.0. The molecule has 1 atom stereocenters. The molecule has 0 spiro atoms. The molecule has 0 saturated heterocycles. The van der Waals surface area contributed by atoms with Gasteiger partial charge in [0.25, 0.3) is 11.1 Å². The van der Waals surface area contributed by atoms with E-state index in [-0.39, 0.29) is 5.91 Å². The number of benzene rings is 2. The van der Waals surface area contributed by atoms with Crippen molar-refractivity contribution in [3.8, 4) is 0 Å². The van der Waals surface area contributed by atoms with Crippen LogP contribution in [0.5, 0.6) is 0 Å². The van der Waals surface area contributed by atoms with Crippen LogP contribution in [0.25, 0.3) is 11.1 Å². The van der Waals surface area contributed by atoms with Crippen molar-refractivity contribution >= 4 is 34.7 Å². The van der Waals surface area contributed by atoms with Gasteiger partial charge in [-0.2, -0.15) is 0 Å². The first-order valence-electron chi connectivity index (χ1n) is 8.44. The zero-order chi connectivity index (χ0) is 19.4. The Bertz CT molecular complexity index is 934. The summed E-state index contributed by atoms with van der Waals surface area (Å²) in [5, 5.41) is 0.538. The number of hydrogen-bond acceptors (Lipinski definition) is 6. The van der Waals surface area contributed by atoms with E-state index in [1.54, 1.807) is 33.2 Å². The quantitative estimate of drug-likeness (QED) is 0.476. The number of rotatable bonds is 6. The number of ether oxygens (including phenoxy) is 1. The summed E-state index contributed by atoms with van der Waals surface area (Å²) in [5.41, 5.74) is 2.74. The lowest BCUT2D eigenvalue weighted by molar-refractivity contribution is -0.137. The fourth-order valence-corrected chi connectivity index (χ4v) is 3.38. The lowest BCUT2D eigenvalue weighted by Crippen LogP contribution is -2.35. The van der Waals surface area contributed by atoms with E-state index in [4.69, 9.17) is 9.15 Å². The fourth-order valence-electron chi connectivity index (χ4n) is 2.54. The van der Waals surface area contributed by atoms with Gasteiger partial charge >= 0.3 is 5.97 Å². The molecule has 1 heterocycles. The minimum atomic E-state index is -0.842. The number of hydrogen-bond donors (Lipinski definition) is 0. The highest BCUT2D eigenvalue weighted by Crippen LogP contribution is 2.27. The molecule has 140 valence electrons. The van der Waals surface area contributed by atoms with Crippen molar-refractivity contribution in [2.45, 2.75) is 24.0 Å². The first-order valence-corrected chi connectivity index (χ1v) is 9.42. The number of thioether (sulfide) groups is 1. The molecule has 1 amide bonds. The van der Waals surface area contributed by atoms with Crippen molar-refractivity contribution in [2.24, 2.45) is 0 Å². The number of carbonyl (C=O) groups excluding carboxylic acids is 2. The van der Waals surface area contributed by atoms with Crippen LogP contribution in [0.3, 0.4) is 0 Å². The van der Waals surface area contributed by atoms with E-state index in [0.29, 0.717) is 16.5 Å². The average Bonchev–Trinajstić information content (AvgIpc) is 3.08. The SMILES string of the molecule is C[C@@H](OC(=O)c1ccccc1CSc1nc2ccccc2o1)C(=O)N(C)C. The smallest absolute Gasteiger partial charge is 0.339 e. The topological polar surface area (TPSA) is 72.6 Å². The lowest BCUT2D eigenvalue weighted by atomic mass is 10.1. The number of aromatic nitrogens is 1. The van der Waals surface area contributed by atoms with E-state index in [2.05, 4.69) is 4.98 Å². The first-order chi connectivity index (χ1) is 13.0. The molecule has 3 rings (SSSR count). The largest absolute Gasteiger partial charge is 0.449 e. The summed E-state index contributed by atoms with van der Waals surface area (Å²) in [6, 6.07) is 14.7. The number of amides is 1. The molecule has 0 aliphatic heterocycles. The van der Waals surface area contributed by atoms with E-state index in [1.807, 2.05) is 36.4 Å². The molecule has 0 N–H and O–H groups in total. The minimum absolute atomic E-state index is 0.262. The maximum atomic E-state index is 12.5.